The van der Waals surface area contributed by atoms with E-state index in [0.29, 0.717) is 23.9 Å². The van der Waals surface area contributed by atoms with E-state index in [0.717, 1.165) is 24.6 Å². The van der Waals surface area contributed by atoms with Gasteiger partial charge in [-0.1, -0.05) is 40.0 Å². The van der Waals surface area contributed by atoms with Crippen molar-refractivity contribution in [3.8, 4) is 0 Å². The van der Waals surface area contributed by atoms with Crippen molar-refractivity contribution in [2.75, 3.05) is 6.61 Å². The predicted octanol–water partition coefficient (Wildman–Crippen LogP) is 3.77. The molecule has 2 unspecified atom stereocenters. The Bertz CT molecular complexity index is 497. The molecule has 0 aliphatic heterocycles. The van der Waals surface area contributed by atoms with Crippen LogP contribution in [0.4, 0.5) is 0 Å². The van der Waals surface area contributed by atoms with Crippen LogP contribution in [0.1, 0.15) is 87.7 Å². The summed E-state index contributed by atoms with van der Waals surface area (Å²) in [4.78, 5) is 16.8. The molecule has 1 saturated carbocycles. The second-order valence-corrected chi connectivity index (χ2v) is 6.06. The molecule has 1 aromatic rings. The van der Waals surface area contributed by atoms with Crippen LogP contribution in [-0.2, 0) is 18.3 Å². The van der Waals surface area contributed by atoms with E-state index in [1.54, 1.807) is 0 Å². The number of nitrogens with two attached hydrogens (primary N) is 1. The highest BCUT2D eigenvalue weighted by Gasteiger charge is 2.27. The Balaban J connectivity index is 0.00000127. The fourth-order valence-electron chi connectivity index (χ4n) is 3.28. The van der Waals surface area contributed by atoms with Gasteiger partial charge < -0.3 is 15.0 Å². The lowest BCUT2D eigenvalue weighted by Gasteiger charge is -2.14. The van der Waals surface area contributed by atoms with Gasteiger partial charge in [0.2, 0.25) is 0 Å². The molecule has 1 aliphatic rings. The second kappa shape index (κ2) is 9.71. The fraction of sp³-hybridized carbons (Fsp3) is 0.778. The number of hydrogen-bond donors (Lipinski definition) is 1. The Morgan fingerprint density at radius 3 is 2.61 bits per heavy atom. The minimum absolute atomic E-state index is 0.269. The van der Waals surface area contributed by atoms with Crippen LogP contribution in [0.5, 0.6) is 0 Å². The van der Waals surface area contributed by atoms with Gasteiger partial charge in [-0.3, -0.25) is 0 Å². The highest BCUT2D eigenvalue weighted by molar-refractivity contribution is 5.89. The zero-order chi connectivity index (χ0) is 17.4. The van der Waals surface area contributed by atoms with Crippen LogP contribution in [0.2, 0.25) is 0 Å². The van der Waals surface area contributed by atoms with Crippen molar-refractivity contribution in [1.29, 1.82) is 0 Å². The number of carbonyl (C=O) groups excluding carboxylic acids is 1. The summed E-state index contributed by atoms with van der Waals surface area (Å²) in [6.45, 7) is 8.76. The van der Waals surface area contributed by atoms with Crippen LogP contribution in [0.15, 0.2) is 0 Å². The van der Waals surface area contributed by atoms with Gasteiger partial charge in [0, 0.05) is 19.5 Å². The van der Waals surface area contributed by atoms with Crippen molar-refractivity contribution in [2.24, 2.45) is 18.7 Å². The third-order valence-corrected chi connectivity index (χ3v) is 4.49. The summed E-state index contributed by atoms with van der Waals surface area (Å²) in [5.74, 6) is 1.89. The van der Waals surface area contributed by atoms with Gasteiger partial charge in [-0.25, -0.2) is 9.78 Å². The first-order valence-electron chi connectivity index (χ1n) is 9.01. The van der Waals surface area contributed by atoms with E-state index in [-0.39, 0.29) is 12.5 Å². The molecular weight excluding hydrogens is 290 g/mol. The Labute approximate surface area is 140 Å². The highest BCUT2D eigenvalue weighted by Crippen LogP contribution is 2.34. The van der Waals surface area contributed by atoms with Crippen molar-refractivity contribution in [1.82, 2.24) is 9.55 Å². The molecule has 2 atom stereocenters. The van der Waals surface area contributed by atoms with Gasteiger partial charge in [-0.2, -0.15) is 0 Å². The highest BCUT2D eigenvalue weighted by atomic mass is 16.5. The average Bonchev–Trinajstić information content (AvgIpc) is 2.73. The first-order chi connectivity index (χ1) is 11.1. The van der Waals surface area contributed by atoms with E-state index >= 15 is 0 Å². The molecule has 0 amide bonds. The van der Waals surface area contributed by atoms with Gasteiger partial charge in [0.05, 0.1) is 12.3 Å². The number of carbonyl (C=O) groups is 1. The van der Waals surface area contributed by atoms with Crippen LogP contribution in [0.25, 0.3) is 0 Å². The molecule has 1 fully saturated rings. The van der Waals surface area contributed by atoms with Crippen molar-refractivity contribution >= 4 is 5.97 Å². The molecule has 2 N–H and O–H groups in total. The maximum Gasteiger partial charge on any atom is 0.356 e. The van der Waals surface area contributed by atoms with E-state index in [9.17, 15) is 4.79 Å². The van der Waals surface area contributed by atoms with Gasteiger partial charge in [0.1, 0.15) is 5.82 Å². The topological polar surface area (TPSA) is 70.1 Å². The standard InChI is InChI=1S/C16H27N3O2.C2H6/c1-4-21-16(20)14-13(10-17)18-15(19(14)3)12-7-5-6-11(2)8-9-12;1-2/h11-12H,4-10,17H2,1-3H3;1-2H3. The SMILES string of the molecule is CC.CCOC(=O)c1c(CN)nc(C2CCCC(C)CC2)n1C. The number of nitrogens with zero attached hydrogens (tertiary/aromatic N) is 2. The summed E-state index contributed by atoms with van der Waals surface area (Å²) < 4.78 is 7.04. The molecule has 5 nitrogen and oxygen atoms in total. The molecule has 1 aliphatic carbocycles. The van der Waals surface area contributed by atoms with E-state index in [1.165, 1.54) is 19.3 Å². The van der Waals surface area contributed by atoms with E-state index < -0.39 is 0 Å². The lowest BCUT2D eigenvalue weighted by atomic mass is 9.98. The van der Waals surface area contributed by atoms with Gasteiger partial charge in [-0.05, 0) is 25.7 Å². The smallest absolute Gasteiger partial charge is 0.356 e. The lowest BCUT2D eigenvalue weighted by molar-refractivity contribution is 0.0513. The van der Waals surface area contributed by atoms with E-state index in [1.807, 2.05) is 32.4 Å². The second-order valence-electron chi connectivity index (χ2n) is 6.06. The monoisotopic (exact) mass is 323 g/mol. The number of esters is 1. The Morgan fingerprint density at radius 1 is 1.30 bits per heavy atom. The van der Waals surface area contributed by atoms with Crippen molar-refractivity contribution in [3.05, 3.63) is 17.2 Å². The van der Waals surface area contributed by atoms with E-state index in [2.05, 4.69) is 11.9 Å². The summed E-state index contributed by atoms with van der Waals surface area (Å²) in [6, 6.07) is 0. The van der Waals surface area contributed by atoms with Gasteiger partial charge in [-0.15, -0.1) is 0 Å². The van der Waals surface area contributed by atoms with Crippen LogP contribution in [0.3, 0.4) is 0 Å². The summed E-state index contributed by atoms with van der Waals surface area (Å²) >= 11 is 0. The number of hydrogen-bond acceptors (Lipinski definition) is 4. The molecule has 0 bridgehead atoms. The molecule has 23 heavy (non-hydrogen) atoms. The first kappa shape index (κ1) is 19.7. The molecular formula is C18H33N3O2. The summed E-state index contributed by atoms with van der Waals surface area (Å²) in [7, 11) is 1.90. The third-order valence-electron chi connectivity index (χ3n) is 4.49. The molecule has 1 heterocycles. The maximum absolute atomic E-state index is 12.1. The summed E-state index contributed by atoms with van der Waals surface area (Å²) in [5, 5.41) is 0. The van der Waals surface area contributed by atoms with Crippen LogP contribution < -0.4 is 5.73 Å². The normalized spacial score (nSPS) is 21.1. The maximum atomic E-state index is 12.1. The lowest BCUT2D eigenvalue weighted by Crippen LogP contribution is -2.15. The number of ether oxygens (including phenoxy) is 1. The van der Waals surface area contributed by atoms with Crippen molar-refractivity contribution in [3.63, 3.8) is 0 Å². The Hall–Kier alpha value is -1.36. The molecule has 2 rings (SSSR count). The number of imidazole rings is 1. The van der Waals surface area contributed by atoms with Gasteiger partial charge >= 0.3 is 5.97 Å². The zero-order valence-corrected chi connectivity index (χ0v) is 15.4. The minimum Gasteiger partial charge on any atom is -0.461 e. The Morgan fingerprint density at radius 2 is 2.00 bits per heavy atom. The Kier molecular flexibility index (Phi) is 8.31. The quantitative estimate of drug-likeness (QED) is 0.676. The van der Waals surface area contributed by atoms with Crippen molar-refractivity contribution < 1.29 is 9.53 Å². The summed E-state index contributed by atoms with van der Waals surface area (Å²) in [6.07, 6.45) is 6.02. The molecule has 0 spiro atoms. The molecule has 1 aromatic heterocycles. The number of aromatic nitrogens is 2. The van der Waals surface area contributed by atoms with Crippen LogP contribution in [0, 0.1) is 5.92 Å². The largest absolute Gasteiger partial charge is 0.461 e. The molecule has 0 saturated heterocycles. The minimum atomic E-state index is -0.318. The van der Waals surface area contributed by atoms with Crippen LogP contribution >= 0.6 is 0 Å². The van der Waals surface area contributed by atoms with E-state index in [4.69, 9.17) is 10.5 Å². The number of rotatable bonds is 4. The zero-order valence-electron chi connectivity index (χ0n) is 15.4. The predicted molar refractivity (Wildman–Crippen MR) is 93.4 cm³/mol. The average molecular weight is 323 g/mol. The summed E-state index contributed by atoms with van der Waals surface area (Å²) in [5.41, 5.74) is 6.94. The van der Waals surface area contributed by atoms with Gasteiger partial charge in [0.15, 0.2) is 5.69 Å². The molecule has 0 radical (unpaired) electrons. The van der Waals surface area contributed by atoms with Crippen LogP contribution in [-0.4, -0.2) is 22.1 Å². The molecule has 5 heteroatoms. The molecule has 0 aromatic carbocycles. The fourth-order valence-corrected chi connectivity index (χ4v) is 3.28. The van der Waals surface area contributed by atoms with Crippen molar-refractivity contribution in [2.45, 2.75) is 72.3 Å². The molecule has 132 valence electrons. The van der Waals surface area contributed by atoms with Gasteiger partial charge in [0.25, 0.3) is 0 Å². The third kappa shape index (κ3) is 4.80. The first-order valence-corrected chi connectivity index (χ1v) is 9.01.